The molecule has 1 amide bonds. The zero-order valence-corrected chi connectivity index (χ0v) is 11.2. The second-order valence-corrected chi connectivity index (χ2v) is 5.63. The normalized spacial score (nSPS) is 13.3. The van der Waals surface area contributed by atoms with Crippen LogP contribution in [0.1, 0.15) is 22.7 Å². The fourth-order valence-corrected chi connectivity index (χ4v) is 3.18. The number of thiazole rings is 1. The number of carbonyl (C=O) groups excluding carboxylic acids is 1. The van der Waals surface area contributed by atoms with Crippen LogP contribution in [0.4, 0.5) is 10.8 Å². The van der Waals surface area contributed by atoms with E-state index in [1.807, 2.05) is 0 Å². The van der Waals surface area contributed by atoms with E-state index in [1.165, 1.54) is 11.3 Å². The smallest absolute Gasteiger partial charge is 0.232 e. The maximum atomic E-state index is 11.9. The van der Waals surface area contributed by atoms with Gasteiger partial charge in [0, 0.05) is 10.6 Å². The molecule has 0 radical (unpaired) electrons. The van der Waals surface area contributed by atoms with Crippen molar-refractivity contribution in [2.45, 2.75) is 25.7 Å². The average molecular weight is 274 g/mol. The summed E-state index contributed by atoms with van der Waals surface area (Å²) < 4.78 is 0. The Morgan fingerprint density at radius 2 is 2.32 bits per heavy atom. The second-order valence-electron chi connectivity index (χ2n) is 4.55. The maximum Gasteiger partial charge on any atom is 0.232 e. The quantitative estimate of drug-likeness (QED) is 0.894. The fourth-order valence-electron chi connectivity index (χ4n) is 2.11. The van der Waals surface area contributed by atoms with Crippen molar-refractivity contribution in [3.05, 3.63) is 34.6 Å². The predicted octanol–water partition coefficient (Wildman–Crippen LogP) is 1.79. The Balaban J connectivity index is 1.63. The third-order valence-electron chi connectivity index (χ3n) is 3.03. The van der Waals surface area contributed by atoms with E-state index in [0.29, 0.717) is 16.5 Å². The minimum atomic E-state index is -0.0929. The highest BCUT2D eigenvalue weighted by molar-refractivity contribution is 7.15. The molecule has 2 heterocycles. The number of pyridine rings is 1. The first kappa shape index (κ1) is 12.1. The number of hydrogen-bond donors (Lipinski definition) is 2. The number of rotatable bonds is 3. The molecule has 1 aliphatic rings. The number of fused-ring (bicyclic) bond motifs is 1. The van der Waals surface area contributed by atoms with Crippen molar-refractivity contribution in [1.82, 2.24) is 9.97 Å². The molecule has 0 aliphatic heterocycles. The Labute approximate surface area is 114 Å². The number of nitrogens with two attached hydrogens (primary N) is 1. The van der Waals surface area contributed by atoms with Crippen LogP contribution in [0.25, 0.3) is 0 Å². The zero-order chi connectivity index (χ0) is 13.2. The molecule has 3 rings (SSSR count). The average Bonchev–Trinajstić information content (AvgIpc) is 2.92. The lowest BCUT2D eigenvalue weighted by atomic mass is 10.2. The minimum absolute atomic E-state index is 0.0929. The van der Waals surface area contributed by atoms with Crippen LogP contribution >= 0.6 is 11.3 Å². The Bertz CT molecular complexity index is 584. The third kappa shape index (κ3) is 2.73. The Morgan fingerprint density at radius 3 is 3.05 bits per heavy atom. The lowest BCUT2D eigenvalue weighted by Gasteiger charge is -2.02. The SMILES string of the molecule is Nc1ccc(CC(=O)Nc2nc3c(s2)CCC3)nc1. The molecule has 0 unspecified atom stereocenters. The molecule has 5 nitrogen and oxygen atoms in total. The Hall–Kier alpha value is -1.95. The van der Waals surface area contributed by atoms with E-state index in [1.54, 1.807) is 29.7 Å². The summed E-state index contributed by atoms with van der Waals surface area (Å²) in [5.41, 5.74) is 8.00. The van der Waals surface area contributed by atoms with Crippen LogP contribution in [0.3, 0.4) is 0 Å². The lowest BCUT2D eigenvalue weighted by Crippen LogP contribution is -2.15. The molecule has 1 aliphatic carbocycles. The van der Waals surface area contributed by atoms with Gasteiger partial charge in [-0.05, 0) is 31.4 Å². The number of nitrogens with zero attached hydrogens (tertiary/aromatic N) is 2. The maximum absolute atomic E-state index is 11.9. The van der Waals surface area contributed by atoms with E-state index in [0.717, 1.165) is 18.5 Å². The molecular weight excluding hydrogens is 260 g/mol. The molecule has 0 fully saturated rings. The second kappa shape index (κ2) is 4.97. The molecule has 6 heteroatoms. The van der Waals surface area contributed by atoms with Gasteiger partial charge in [-0.1, -0.05) is 0 Å². The summed E-state index contributed by atoms with van der Waals surface area (Å²) in [6, 6.07) is 3.50. The summed E-state index contributed by atoms with van der Waals surface area (Å²) in [4.78, 5) is 21.7. The van der Waals surface area contributed by atoms with E-state index < -0.39 is 0 Å². The first-order valence-corrected chi connectivity index (χ1v) is 7.01. The summed E-state index contributed by atoms with van der Waals surface area (Å²) in [5, 5.41) is 3.53. The third-order valence-corrected chi connectivity index (χ3v) is 4.10. The van der Waals surface area contributed by atoms with Crippen LogP contribution in [0, 0.1) is 0 Å². The number of hydrogen-bond acceptors (Lipinski definition) is 5. The minimum Gasteiger partial charge on any atom is -0.397 e. The van der Waals surface area contributed by atoms with Gasteiger partial charge < -0.3 is 11.1 Å². The van der Waals surface area contributed by atoms with Crippen molar-refractivity contribution in [3.63, 3.8) is 0 Å². The highest BCUT2D eigenvalue weighted by Crippen LogP contribution is 2.30. The molecule has 0 atom stereocenters. The summed E-state index contributed by atoms with van der Waals surface area (Å²) in [5.74, 6) is -0.0929. The van der Waals surface area contributed by atoms with E-state index in [-0.39, 0.29) is 12.3 Å². The highest BCUT2D eigenvalue weighted by Gasteiger charge is 2.17. The number of nitrogen functional groups attached to an aromatic ring is 1. The lowest BCUT2D eigenvalue weighted by molar-refractivity contribution is -0.115. The number of carbonyl (C=O) groups is 1. The van der Waals surface area contributed by atoms with E-state index in [9.17, 15) is 4.79 Å². The molecule has 98 valence electrons. The summed E-state index contributed by atoms with van der Waals surface area (Å²) >= 11 is 1.58. The summed E-state index contributed by atoms with van der Waals surface area (Å²) in [6.07, 6.45) is 5.09. The molecule has 0 saturated carbocycles. The standard InChI is InChI=1S/C13H14N4OS/c14-8-4-5-9(15-7-8)6-12(18)17-13-16-10-2-1-3-11(10)19-13/h4-5,7H,1-3,6,14H2,(H,16,17,18). The Kier molecular flexibility index (Phi) is 3.16. The van der Waals surface area contributed by atoms with Crippen LogP contribution < -0.4 is 11.1 Å². The molecule has 0 aromatic carbocycles. The fraction of sp³-hybridized carbons (Fsp3) is 0.308. The molecule has 2 aromatic heterocycles. The van der Waals surface area contributed by atoms with Gasteiger partial charge in [-0.15, -0.1) is 11.3 Å². The van der Waals surface area contributed by atoms with Gasteiger partial charge in [0.1, 0.15) is 0 Å². The van der Waals surface area contributed by atoms with Gasteiger partial charge in [-0.2, -0.15) is 0 Å². The van der Waals surface area contributed by atoms with Gasteiger partial charge in [0.15, 0.2) is 5.13 Å². The van der Waals surface area contributed by atoms with Crippen molar-refractivity contribution in [3.8, 4) is 0 Å². The zero-order valence-electron chi connectivity index (χ0n) is 10.3. The first-order chi connectivity index (χ1) is 9.20. The van der Waals surface area contributed by atoms with Crippen LogP contribution in [0.2, 0.25) is 0 Å². The van der Waals surface area contributed by atoms with Crippen LogP contribution in [0.15, 0.2) is 18.3 Å². The molecule has 0 saturated heterocycles. The van der Waals surface area contributed by atoms with E-state index in [2.05, 4.69) is 15.3 Å². The summed E-state index contributed by atoms with van der Waals surface area (Å²) in [6.45, 7) is 0. The molecule has 2 aromatic rings. The van der Waals surface area contributed by atoms with Gasteiger partial charge in [0.2, 0.25) is 5.91 Å². The van der Waals surface area contributed by atoms with Gasteiger partial charge >= 0.3 is 0 Å². The van der Waals surface area contributed by atoms with Crippen molar-refractivity contribution in [1.29, 1.82) is 0 Å². The van der Waals surface area contributed by atoms with Gasteiger partial charge in [-0.3, -0.25) is 9.78 Å². The molecule has 0 bridgehead atoms. The predicted molar refractivity (Wildman–Crippen MR) is 75.1 cm³/mol. The van der Waals surface area contributed by atoms with Crippen molar-refractivity contribution in [2.24, 2.45) is 0 Å². The van der Waals surface area contributed by atoms with Gasteiger partial charge in [-0.25, -0.2) is 4.98 Å². The van der Waals surface area contributed by atoms with Gasteiger partial charge in [0.05, 0.1) is 24.0 Å². The molecule has 19 heavy (non-hydrogen) atoms. The van der Waals surface area contributed by atoms with Crippen molar-refractivity contribution in [2.75, 3.05) is 11.1 Å². The molecule has 0 spiro atoms. The van der Waals surface area contributed by atoms with Crippen molar-refractivity contribution >= 4 is 28.1 Å². The van der Waals surface area contributed by atoms with Crippen molar-refractivity contribution < 1.29 is 4.79 Å². The number of aryl methyl sites for hydroxylation is 2. The van der Waals surface area contributed by atoms with Crippen LogP contribution in [-0.2, 0) is 24.1 Å². The molecule has 3 N–H and O–H groups in total. The number of aromatic nitrogens is 2. The van der Waals surface area contributed by atoms with Gasteiger partial charge in [0.25, 0.3) is 0 Å². The number of amides is 1. The number of nitrogens with one attached hydrogen (secondary N) is 1. The largest absolute Gasteiger partial charge is 0.397 e. The van der Waals surface area contributed by atoms with Crippen LogP contribution in [-0.4, -0.2) is 15.9 Å². The molecular formula is C13H14N4OS. The van der Waals surface area contributed by atoms with E-state index >= 15 is 0 Å². The summed E-state index contributed by atoms with van der Waals surface area (Å²) in [7, 11) is 0. The van der Waals surface area contributed by atoms with E-state index in [4.69, 9.17) is 5.73 Å². The number of anilines is 2. The highest BCUT2D eigenvalue weighted by atomic mass is 32.1. The first-order valence-electron chi connectivity index (χ1n) is 6.19. The monoisotopic (exact) mass is 274 g/mol. The Morgan fingerprint density at radius 1 is 1.42 bits per heavy atom. The topological polar surface area (TPSA) is 80.9 Å². The van der Waals surface area contributed by atoms with Crippen LogP contribution in [0.5, 0.6) is 0 Å².